The standard InChI is InChI=1S/C21H22N4O5S/c1-28-15-2-4-16(5-3-15)31(26,27)25-8-6-24(7-9-25)21-17-12-19-20(30-11-10-29-19)13-18(17)22-14-23-21/h2-5,12-14H,6-11H2,1H3. The maximum atomic E-state index is 13.0. The first kappa shape index (κ1) is 19.8. The molecule has 1 fully saturated rings. The van der Waals surface area contributed by atoms with Crippen LogP contribution in [0.2, 0.25) is 0 Å². The van der Waals surface area contributed by atoms with Gasteiger partial charge in [-0.2, -0.15) is 4.31 Å². The molecule has 0 spiro atoms. The molecule has 5 rings (SSSR count). The third-order valence-corrected chi connectivity index (χ3v) is 7.43. The van der Waals surface area contributed by atoms with Crippen LogP contribution in [0.3, 0.4) is 0 Å². The lowest BCUT2D eigenvalue weighted by Crippen LogP contribution is -2.49. The molecular formula is C21H22N4O5S. The van der Waals surface area contributed by atoms with Crippen LogP contribution >= 0.6 is 0 Å². The second-order valence-corrected chi connectivity index (χ2v) is 9.21. The van der Waals surface area contributed by atoms with Gasteiger partial charge in [0.1, 0.15) is 31.1 Å². The zero-order valence-corrected chi connectivity index (χ0v) is 17.8. The van der Waals surface area contributed by atoms with E-state index in [9.17, 15) is 8.42 Å². The molecule has 2 aromatic carbocycles. The molecule has 2 aliphatic rings. The van der Waals surface area contributed by atoms with Crippen LogP contribution in [0.15, 0.2) is 47.6 Å². The highest BCUT2D eigenvalue weighted by molar-refractivity contribution is 7.89. The van der Waals surface area contributed by atoms with Gasteiger partial charge < -0.3 is 19.1 Å². The minimum Gasteiger partial charge on any atom is -0.497 e. The third-order valence-electron chi connectivity index (χ3n) is 5.51. The highest BCUT2D eigenvalue weighted by atomic mass is 32.2. The Labute approximate surface area is 180 Å². The van der Waals surface area contributed by atoms with Crippen LogP contribution in [0.5, 0.6) is 17.2 Å². The van der Waals surface area contributed by atoms with E-state index in [0.717, 1.165) is 16.7 Å². The predicted octanol–water partition coefficient (Wildman–Crippen LogP) is 1.92. The van der Waals surface area contributed by atoms with Crippen molar-refractivity contribution in [3.63, 3.8) is 0 Å². The molecule has 162 valence electrons. The number of anilines is 1. The van der Waals surface area contributed by atoms with Crippen LogP contribution in [0.1, 0.15) is 0 Å². The Morgan fingerprint density at radius 2 is 1.61 bits per heavy atom. The Morgan fingerprint density at radius 3 is 2.29 bits per heavy atom. The molecule has 0 bridgehead atoms. The average Bonchev–Trinajstić information content (AvgIpc) is 2.82. The van der Waals surface area contributed by atoms with Crippen molar-refractivity contribution in [3.05, 3.63) is 42.7 Å². The van der Waals surface area contributed by atoms with Crippen LogP contribution < -0.4 is 19.1 Å². The number of benzene rings is 2. The van der Waals surface area contributed by atoms with E-state index in [0.29, 0.717) is 56.6 Å². The van der Waals surface area contributed by atoms with E-state index in [4.69, 9.17) is 14.2 Å². The molecule has 0 aliphatic carbocycles. The van der Waals surface area contributed by atoms with Crippen molar-refractivity contribution < 1.29 is 22.6 Å². The highest BCUT2D eigenvalue weighted by Crippen LogP contribution is 2.37. The number of hydrogen-bond donors (Lipinski definition) is 0. The Bertz CT molecular complexity index is 1210. The minimum atomic E-state index is -3.57. The molecule has 2 aliphatic heterocycles. The smallest absolute Gasteiger partial charge is 0.243 e. The third kappa shape index (κ3) is 3.61. The van der Waals surface area contributed by atoms with Crippen LogP contribution in [0.4, 0.5) is 5.82 Å². The number of piperazine rings is 1. The first-order chi connectivity index (χ1) is 15.1. The second-order valence-electron chi connectivity index (χ2n) is 7.28. The van der Waals surface area contributed by atoms with Gasteiger partial charge in [0, 0.05) is 37.6 Å². The zero-order valence-electron chi connectivity index (χ0n) is 17.0. The summed E-state index contributed by atoms with van der Waals surface area (Å²) in [5.74, 6) is 2.74. The Balaban J connectivity index is 1.37. The number of sulfonamides is 1. The van der Waals surface area contributed by atoms with Gasteiger partial charge in [0.15, 0.2) is 11.5 Å². The summed E-state index contributed by atoms with van der Waals surface area (Å²) in [5.41, 5.74) is 0.766. The van der Waals surface area contributed by atoms with Gasteiger partial charge in [-0.25, -0.2) is 18.4 Å². The van der Waals surface area contributed by atoms with E-state index < -0.39 is 10.0 Å². The fraction of sp³-hybridized carbons (Fsp3) is 0.333. The Hall–Kier alpha value is -3.11. The SMILES string of the molecule is COc1ccc(S(=O)(=O)N2CCN(c3ncnc4cc5c(cc34)OCCO5)CC2)cc1. The van der Waals surface area contributed by atoms with E-state index in [1.165, 1.54) is 10.6 Å². The van der Waals surface area contributed by atoms with E-state index in [-0.39, 0.29) is 4.90 Å². The molecule has 10 heteroatoms. The number of rotatable bonds is 4. The summed E-state index contributed by atoms with van der Waals surface area (Å²) in [7, 11) is -2.02. The number of ether oxygens (including phenoxy) is 3. The van der Waals surface area contributed by atoms with Gasteiger partial charge in [0.05, 0.1) is 17.5 Å². The monoisotopic (exact) mass is 442 g/mol. The Kier molecular flexibility index (Phi) is 5.03. The van der Waals surface area contributed by atoms with Gasteiger partial charge in [-0.1, -0.05) is 0 Å². The maximum Gasteiger partial charge on any atom is 0.243 e. The molecule has 1 saturated heterocycles. The molecule has 9 nitrogen and oxygen atoms in total. The molecule has 3 heterocycles. The van der Waals surface area contributed by atoms with Crippen LogP contribution in [0.25, 0.3) is 10.9 Å². The van der Waals surface area contributed by atoms with Crippen molar-refractivity contribution in [2.24, 2.45) is 0 Å². The summed E-state index contributed by atoms with van der Waals surface area (Å²) in [6.07, 6.45) is 1.52. The van der Waals surface area contributed by atoms with E-state index in [2.05, 4.69) is 14.9 Å². The molecule has 0 N–H and O–H groups in total. The van der Waals surface area contributed by atoms with Gasteiger partial charge in [-0.15, -0.1) is 0 Å². The van der Waals surface area contributed by atoms with Gasteiger partial charge in [-0.3, -0.25) is 0 Å². The molecule has 0 amide bonds. The minimum absolute atomic E-state index is 0.262. The van der Waals surface area contributed by atoms with Crippen molar-refractivity contribution in [3.8, 4) is 17.2 Å². The van der Waals surface area contributed by atoms with Gasteiger partial charge in [0.25, 0.3) is 0 Å². The molecule has 0 atom stereocenters. The van der Waals surface area contributed by atoms with Gasteiger partial charge in [-0.05, 0) is 30.3 Å². The summed E-state index contributed by atoms with van der Waals surface area (Å²) in [5, 5.41) is 0.859. The maximum absolute atomic E-state index is 13.0. The van der Waals surface area contributed by atoms with Crippen molar-refractivity contribution >= 4 is 26.7 Å². The zero-order chi connectivity index (χ0) is 21.4. The highest BCUT2D eigenvalue weighted by Gasteiger charge is 2.30. The lowest BCUT2D eigenvalue weighted by atomic mass is 10.2. The van der Waals surface area contributed by atoms with Crippen molar-refractivity contribution in [1.29, 1.82) is 0 Å². The average molecular weight is 442 g/mol. The number of hydrogen-bond acceptors (Lipinski definition) is 8. The van der Waals surface area contributed by atoms with Crippen LogP contribution in [-0.4, -0.2) is 69.2 Å². The van der Waals surface area contributed by atoms with Gasteiger partial charge in [0.2, 0.25) is 10.0 Å². The molecular weight excluding hydrogens is 420 g/mol. The number of aromatic nitrogens is 2. The quantitative estimate of drug-likeness (QED) is 0.605. The summed E-state index contributed by atoms with van der Waals surface area (Å²) in [6, 6.07) is 10.2. The summed E-state index contributed by atoms with van der Waals surface area (Å²) < 4.78 is 44.0. The van der Waals surface area contributed by atoms with E-state index in [1.54, 1.807) is 31.4 Å². The van der Waals surface area contributed by atoms with Crippen LogP contribution in [0, 0.1) is 0 Å². The molecule has 1 aromatic heterocycles. The topological polar surface area (TPSA) is 94.1 Å². The van der Waals surface area contributed by atoms with Crippen LogP contribution in [-0.2, 0) is 10.0 Å². The summed E-state index contributed by atoms with van der Waals surface area (Å²) in [6.45, 7) is 2.80. The van der Waals surface area contributed by atoms with E-state index >= 15 is 0 Å². The van der Waals surface area contributed by atoms with Crippen molar-refractivity contribution in [1.82, 2.24) is 14.3 Å². The molecule has 0 saturated carbocycles. The van der Waals surface area contributed by atoms with Crippen molar-refractivity contribution in [2.75, 3.05) is 51.4 Å². The Morgan fingerprint density at radius 1 is 0.935 bits per heavy atom. The van der Waals surface area contributed by atoms with E-state index in [1.807, 2.05) is 12.1 Å². The molecule has 3 aromatic rings. The van der Waals surface area contributed by atoms with Gasteiger partial charge >= 0.3 is 0 Å². The lowest BCUT2D eigenvalue weighted by Gasteiger charge is -2.35. The molecule has 31 heavy (non-hydrogen) atoms. The largest absolute Gasteiger partial charge is 0.497 e. The number of nitrogens with zero attached hydrogens (tertiary/aromatic N) is 4. The summed E-state index contributed by atoms with van der Waals surface area (Å²) in [4.78, 5) is 11.2. The normalized spacial score (nSPS) is 17.0. The predicted molar refractivity (Wildman–Crippen MR) is 114 cm³/mol. The molecule has 0 radical (unpaired) electrons. The second kappa shape index (κ2) is 7.86. The molecule has 0 unspecified atom stereocenters. The number of fused-ring (bicyclic) bond motifs is 2. The fourth-order valence-electron chi connectivity index (χ4n) is 3.87. The first-order valence-corrected chi connectivity index (χ1v) is 11.4. The lowest BCUT2D eigenvalue weighted by molar-refractivity contribution is 0.172. The fourth-order valence-corrected chi connectivity index (χ4v) is 5.29. The van der Waals surface area contributed by atoms with Crippen molar-refractivity contribution in [2.45, 2.75) is 4.90 Å². The number of methoxy groups -OCH3 is 1. The first-order valence-electron chi connectivity index (χ1n) is 10.00. The summed E-state index contributed by atoms with van der Waals surface area (Å²) >= 11 is 0.